The van der Waals surface area contributed by atoms with Gasteiger partial charge in [0.15, 0.2) is 6.29 Å². The lowest BCUT2D eigenvalue weighted by Gasteiger charge is -2.52. The van der Waals surface area contributed by atoms with Crippen molar-refractivity contribution >= 4 is 5.91 Å². The standard InChI is InChI=1S/C24H47N7O9/c25-4-10-1-2-12(30-9-6-29-7-9)21(38-10)16-11(27)3-13(31-23(37)14(33)5-26)22(19(16)35)40-24-20(36)17(28)18(34)15(8-32)39-24/h9-22,24,29-30,32-36H,1-8,25-28H2,(H,31,37). The molecule has 0 bridgehead atoms. The molecule has 0 aromatic rings. The van der Waals surface area contributed by atoms with E-state index in [0.717, 1.165) is 25.9 Å². The van der Waals surface area contributed by atoms with Crippen LogP contribution < -0.4 is 38.9 Å². The Morgan fingerprint density at radius 1 is 1.05 bits per heavy atom. The van der Waals surface area contributed by atoms with Gasteiger partial charge in [0, 0.05) is 50.2 Å². The monoisotopic (exact) mass is 577 g/mol. The zero-order valence-corrected chi connectivity index (χ0v) is 22.5. The van der Waals surface area contributed by atoms with Gasteiger partial charge in [0.25, 0.3) is 0 Å². The van der Waals surface area contributed by atoms with Crippen LogP contribution in [0, 0.1) is 5.92 Å². The van der Waals surface area contributed by atoms with Crippen molar-refractivity contribution in [3.05, 3.63) is 0 Å². The fraction of sp³-hybridized carbons (Fsp3) is 0.958. The van der Waals surface area contributed by atoms with Crippen LogP contribution in [0.4, 0.5) is 0 Å². The quantitative estimate of drug-likeness (QED) is 0.115. The number of rotatable bonds is 10. The van der Waals surface area contributed by atoms with Gasteiger partial charge < -0.3 is 78.6 Å². The molecule has 0 aromatic heterocycles. The molecule has 0 radical (unpaired) electrons. The number of hydrogen-bond donors (Lipinski definition) is 12. The van der Waals surface area contributed by atoms with Gasteiger partial charge in [-0.2, -0.15) is 0 Å². The zero-order valence-electron chi connectivity index (χ0n) is 22.5. The molecule has 14 unspecified atom stereocenters. The van der Waals surface area contributed by atoms with Gasteiger partial charge in [-0.3, -0.25) is 4.79 Å². The Labute approximate surface area is 233 Å². The van der Waals surface area contributed by atoms with E-state index in [0.29, 0.717) is 6.54 Å². The highest BCUT2D eigenvalue weighted by molar-refractivity contribution is 5.81. The van der Waals surface area contributed by atoms with Crippen molar-refractivity contribution in [2.24, 2.45) is 28.9 Å². The van der Waals surface area contributed by atoms with Crippen LogP contribution in [-0.2, 0) is 19.0 Å². The molecular weight excluding hydrogens is 530 g/mol. The summed E-state index contributed by atoms with van der Waals surface area (Å²) in [4.78, 5) is 12.6. The number of amides is 1. The highest BCUT2D eigenvalue weighted by atomic mass is 16.7. The molecule has 3 heterocycles. The smallest absolute Gasteiger partial charge is 0.250 e. The second-order valence-electron chi connectivity index (χ2n) is 11.4. The summed E-state index contributed by atoms with van der Waals surface area (Å²) < 4.78 is 18.1. The van der Waals surface area contributed by atoms with E-state index in [9.17, 15) is 30.3 Å². The van der Waals surface area contributed by atoms with E-state index in [2.05, 4.69) is 16.0 Å². The lowest BCUT2D eigenvalue weighted by Crippen LogP contribution is -2.70. The number of ether oxygens (including phenoxy) is 3. The van der Waals surface area contributed by atoms with Crippen LogP contribution in [0.5, 0.6) is 0 Å². The summed E-state index contributed by atoms with van der Waals surface area (Å²) in [6, 6.07) is -2.68. The van der Waals surface area contributed by atoms with E-state index < -0.39 is 85.6 Å². The predicted molar refractivity (Wildman–Crippen MR) is 140 cm³/mol. The maximum Gasteiger partial charge on any atom is 0.250 e. The molecule has 1 saturated carbocycles. The van der Waals surface area contributed by atoms with E-state index in [-0.39, 0.29) is 31.2 Å². The van der Waals surface area contributed by atoms with E-state index in [1.54, 1.807) is 0 Å². The van der Waals surface area contributed by atoms with Crippen LogP contribution in [0.2, 0.25) is 0 Å². The number of nitrogens with one attached hydrogen (secondary N) is 3. The first-order valence-corrected chi connectivity index (χ1v) is 14.1. The molecule has 40 heavy (non-hydrogen) atoms. The van der Waals surface area contributed by atoms with Crippen LogP contribution in [0.1, 0.15) is 19.3 Å². The third-order valence-corrected chi connectivity index (χ3v) is 8.65. The van der Waals surface area contributed by atoms with Crippen LogP contribution in [0.25, 0.3) is 0 Å². The molecule has 3 saturated heterocycles. The van der Waals surface area contributed by atoms with Crippen LogP contribution in [0.3, 0.4) is 0 Å². The number of nitrogens with two attached hydrogens (primary N) is 4. The summed E-state index contributed by atoms with van der Waals surface area (Å²) in [5, 5.41) is 61.8. The molecule has 16 heteroatoms. The fourth-order valence-electron chi connectivity index (χ4n) is 6.15. The summed E-state index contributed by atoms with van der Waals surface area (Å²) in [7, 11) is 0. The first-order valence-electron chi connectivity index (χ1n) is 14.1. The predicted octanol–water partition coefficient (Wildman–Crippen LogP) is -6.91. The van der Waals surface area contributed by atoms with Gasteiger partial charge in [0.2, 0.25) is 5.91 Å². The van der Waals surface area contributed by atoms with E-state index in [1.807, 2.05) is 0 Å². The van der Waals surface area contributed by atoms with Gasteiger partial charge in [-0.25, -0.2) is 0 Å². The first kappa shape index (κ1) is 31.8. The number of aliphatic hydroxyl groups excluding tert-OH is 5. The lowest BCUT2D eigenvalue weighted by molar-refractivity contribution is -0.306. The number of carbonyl (C=O) groups is 1. The third kappa shape index (κ3) is 6.76. The summed E-state index contributed by atoms with van der Waals surface area (Å²) in [5.41, 5.74) is 24.0. The van der Waals surface area contributed by atoms with Gasteiger partial charge in [0.05, 0.1) is 37.0 Å². The van der Waals surface area contributed by atoms with Crippen molar-refractivity contribution < 1.29 is 44.5 Å². The Morgan fingerprint density at radius 2 is 1.77 bits per heavy atom. The molecule has 1 amide bonds. The SMILES string of the molecule is NCC1CCC(NC2CNC2)C(C2C(N)CC(NC(=O)C(O)CN)C(OC3OC(CO)C(O)C(N)C3O)C2O)O1. The molecule has 0 spiro atoms. The highest BCUT2D eigenvalue weighted by Gasteiger charge is 2.53. The minimum absolute atomic E-state index is 0.126. The molecule has 14 atom stereocenters. The number of hydrogen-bond acceptors (Lipinski definition) is 15. The number of carbonyl (C=O) groups excluding carboxylic acids is 1. The Kier molecular flexibility index (Phi) is 11.1. The van der Waals surface area contributed by atoms with Crippen molar-refractivity contribution in [3.8, 4) is 0 Å². The average molecular weight is 578 g/mol. The maximum atomic E-state index is 12.6. The van der Waals surface area contributed by atoms with E-state index in [1.165, 1.54) is 0 Å². The highest BCUT2D eigenvalue weighted by Crippen LogP contribution is 2.37. The topological polar surface area (TPSA) is 286 Å². The van der Waals surface area contributed by atoms with E-state index in [4.69, 9.17) is 37.1 Å². The Hall–Kier alpha value is -1.09. The van der Waals surface area contributed by atoms with Gasteiger partial charge in [-0.15, -0.1) is 0 Å². The largest absolute Gasteiger partial charge is 0.394 e. The average Bonchev–Trinajstić information content (AvgIpc) is 2.92. The van der Waals surface area contributed by atoms with Crippen molar-refractivity contribution in [3.63, 3.8) is 0 Å². The zero-order chi connectivity index (χ0) is 29.1. The second kappa shape index (κ2) is 13.9. The minimum atomic E-state index is -1.52. The first-order chi connectivity index (χ1) is 19.1. The maximum absolute atomic E-state index is 12.6. The lowest BCUT2D eigenvalue weighted by atomic mass is 9.72. The molecule has 16 N–H and O–H groups in total. The molecule has 3 aliphatic heterocycles. The molecule has 4 aliphatic rings. The summed E-state index contributed by atoms with van der Waals surface area (Å²) in [6.45, 7) is 0.996. The Balaban J connectivity index is 1.60. The minimum Gasteiger partial charge on any atom is -0.394 e. The Morgan fingerprint density at radius 3 is 2.38 bits per heavy atom. The fourth-order valence-corrected chi connectivity index (χ4v) is 6.15. The van der Waals surface area contributed by atoms with Gasteiger partial charge in [0.1, 0.15) is 30.5 Å². The van der Waals surface area contributed by atoms with E-state index >= 15 is 0 Å². The molecule has 1 aliphatic carbocycles. The molecule has 0 aromatic carbocycles. The molecule has 16 nitrogen and oxygen atoms in total. The normalized spacial score (nSPS) is 45.5. The molecular formula is C24H47N7O9. The molecule has 4 fully saturated rings. The summed E-state index contributed by atoms with van der Waals surface area (Å²) in [6.07, 6.45) is -8.66. The van der Waals surface area contributed by atoms with Crippen molar-refractivity contribution in [2.75, 3.05) is 32.8 Å². The third-order valence-electron chi connectivity index (χ3n) is 8.65. The van der Waals surface area contributed by atoms with Crippen molar-refractivity contribution in [1.82, 2.24) is 16.0 Å². The Bertz CT molecular complexity index is 828. The number of aliphatic hydroxyl groups is 5. The van der Waals surface area contributed by atoms with Crippen molar-refractivity contribution in [2.45, 2.75) is 105 Å². The summed E-state index contributed by atoms with van der Waals surface area (Å²) >= 11 is 0. The van der Waals surface area contributed by atoms with Crippen LogP contribution >= 0.6 is 0 Å². The van der Waals surface area contributed by atoms with Gasteiger partial charge in [-0.1, -0.05) is 0 Å². The molecule has 232 valence electrons. The molecule has 4 rings (SSSR count). The van der Waals surface area contributed by atoms with Gasteiger partial charge >= 0.3 is 0 Å². The van der Waals surface area contributed by atoms with Crippen molar-refractivity contribution in [1.29, 1.82) is 0 Å². The summed E-state index contributed by atoms with van der Waals surface area (Å²) in [5.74, 6) is -1.45. The van der Waals surface area contributed by atoms with Crippen LogP contribution in [0.15, 0.2) is 0 Å². The van der Waals surface area contributed by atoms with Gasteiger partial charge in [-0.05, 0) is 19.3 Å². The second-order valence-corrected chi connectivity index (χ2v) is 11.4. The van der Waals surface area contributed by atoms with Crippen LogP contribution in [-0.4, -0.2) is 150 Å².